The van der Waals surface area contributed by atoms with E-state index in [-0.39, 0.29) is 55.5 Å². The van der Waals surface area contributed by atoms with E-state index in [1.807, 2.05) is 13.8 Å². The van der Waals surface area contributed by atoms with Crippen molar-refractivity contribution in [3.05, 3.63) is 0 Å². The Balaban J connectivity index is 2.17. The number of nitrogens with two attached hydrogens (primary N) is 3. The number of rotatable bonds is 24. The normalized spacial score (nSPS) is 20.8. The molecule has 2 rings (SSSR count). The summed E-state index contributed by atoms with van der Waals surface area (Å²) in [5.74, 6) is -4.63. The number of amides is 5. The summed E-state index contributed by atoms with van der Waals surface area (Å²) in [6.07, 6.45) is 9.41. The third-order valence-corrected chi connectivity index (χ3v) is 10.5. The van der Waals surface area contributed by atoms with Gasteiger partial charge in [-0.1, -0.05) is 73.1 Å². The van der Waals surface area contributed by atoms with Crippen LogP contribution in [-0.4, -0.2) is 104 Å². The summed E-state index contributed by atoms with van der Waals surface area (Å²) in [5.41, 5.74) is 16.9. The average molecular weight is 752 g/mol. The third kappa shape index (κ3) is 15.5. The highest BCUT2D eigenvalue weighted by atomic mass is 16.5. The molecular weight excluding hydrogens is 682 g/mol. The summed E-state index contributed by atoms with van der Waals surface area (Å²) in [6.45, 7) is 9.04. The second-order valence-electron chi connectivity index (χ2n) is 15.7. The van der Waals surface area contributed by atoms with Gasteiger partial charge in [0.2, 0.25) is 29.5 Å². The molecule has 304 valence electrons. The molecule has 2 fully saturated rings. The Bertz CT molecular complexity index is 1190. The maximum absolute atomic E-state index is 14.1. The van der Waals surface area contributed by atoms with E-state index >= 15 is 0 Å². The molecular formula is C38H69N7O8. The monoisotopic (exact) mass is 752 g/mol. The van der Waals surface area contributed by atoms with Crippen LogP contribution in [-0.2, 0) is 38.2 Å². The van der Waals surface area contributed by atoms with Crippen molar-refractivity contribution in [2.24, 2.45) is 40.9 Å². The molecule has 0 unspecified atom stereocenters. The minimum Gasteiger partial charge on any atom is -0.460 e. The van der Waals surface area contributed by atoms with Crippen molar-refractivity contribution in [3.8, 4) is 0 Å². The maximum Gasteiger partial charge on any atom is 0.325 e. The molecule has 2 aliphatic rings. The molecule has 9 N–H and O–H groups in total. The molecule has 53 heavy (non-hydrogen) atoms. The average Bonchev–Trinajstić information content (AvgIpc) is 3.12. The molecule has 0 aliphatic heterocycles. The Morgan fingerprint density at radius 3 is 2.11 bits per heavy atom. The van der Waals surface area contributed by atoms with Gasteiger partial charge in [-0.2, -0.15) is 0 Å². The molecule has 2 aliphatic carbocycles. The highest BCUT2D eigenvalue weighted by molar-refractivity contribution is 5.94. The molecule has 0 aromatic carbocycles. The van der Waals surface area contributed by atoms with E-state index in [1.54, 1.807) is 20.9 Å². The number of primary amides is 1. The van der Waals surface area contributed by atoms with Crippen LogP contribution in [0.4, 0.5) is 0 Å². The molecule has 0 bridgehead atoms. The van der Waals surface area contributed by atoms with Gasteiger partial charge in [-0.3, -0.25) is 28.8 Å². The summed E-state index contributed by atoms with van der Waals surface area (Å²) in [4.78, 5) is 80.6. The number of carbonyl (C=O) groups excluding carboxylic acids is 6. The second kappa shape index (κ2) is 23.5. The van der Waals surface area contributed by atoms with E-state index in [9.17, 15) is 28.8 Å². The zero-order valence-corrected chi connectivity index (χ0v) is 33.0. The van der Waals surface area contributed by atoms with Crippen LogP contribution in [0.25, 0.3) is 0 Å². The number of nitrogens with one attached hydrogen (secondary N) is 3. The fraction of sp³-hybridized carbons (Fsp3) is 0.842. The lowest BCUT2D eigenvalue weighted by molar-refractivity contribution is -0.158. The quantitative estimate of drug-likeness (QED) is 0.0616. The van der Waals surface area contributed by atoms with Crippen molar-refractivity contribution in [3.63, 3.8) is 0 Å². The minimum absolute atomic E-state index is 0.0140. The summed E-state index contributed by atoms with van der Waals surface area (Å²) >= 11 is 0. The molecule has 0 spiro atoms. The second-order valence-corrected chi connectivity index (χ2v) is 15.7. The molecule has 15 nitrogen and oxygen atoms in total. The van der Waals surface area contributed by atoms with Crippen molar-refractivity contribution < 1.29 is 38.2 Å². The Morgan fingerprint density at radius 1 is 0.887 bits per heavy atom. The van der Waals surface area contributed by atoms with Crippen molar-refractivity contribution in [2.75, 3.05) is 26.7 Å². The first-order valence-electron chi connectivity index (χ1n) is 19.8. The largest absolute Gasteiger partial charge is 0.460 e. The van der Waals surface area contributed by atoms with Crippen LogP contribution < -0.4 is 33.2 Å². The summed E-state index contributed by atoms with van der Waals surface area (Å²) in [7, 11) is 1.55. The molecule has 0 radical (unpaired) electrons. The third-order valence-electron chi connectivity index (χ3n) is 10.5. The Hall–Kier alpha value is -3.30. The molecule has 0 aromatic heterocycles. The minimum atomic E-state index is -1.08. The van der Waals surface area contributed by atoms with Gasteiger partial charge in [0.1, 0.15) is 30.8 Å². The van der Waals surface area contributed by atoms with Crippen LogP contribution in [0.15, 0.2) is 0 Å². The molecule has 5 amide bonds. The first-order chi connectivity index (χ1) is 25.1. The van der Waals surface area contributed by atoms with Crippen LogP contribution in [0.1, 0.15) is 118 Å². The molecule has 0 saturated heterocycles. The maximum atomic E-state index is 14.1. The van der Waals surface area contributed by atoms with E-state index in [2.05, 4.69) is 22.9 Å². The van der Waals surface area contributed by atoms with Gasteiger partial charge < -0.3 is 47.5 Å². The first kappa shape index (κ1) is 45.9. The van der Waals surface area contributed by atoms with Crippen molar-refractivity contribution in [2.45, 2.75) is 154 Å². The number of hydrogen-bond acceptors (Lipinski definition) is 10. The van der Waals surface area contributed by atoms with E-state index in [0.717, 1.165) is 70.6 Å². The number of nitrogens with zero attached hydrogens (tertiary/aromatic N) is 1. The lowest BCUT2D eigenvalue weighted by atomic mass is 9.83. The zero-order valence-electron chi connectivity index (χ0n) is 33.0. The van der Waals surface area contributed by atoms with Gasteiger partial charge in [-0.15, -0.1) is 0 Å². The highest BCUT2D eigenvalue weighted by Gasteiger charge is 2.38. The lowest BCUT2D eigenvalue weighted by Gasteiger charge is -2.36. The Morgan fingerprint density at radius 2 is 1.55 bits per heavy atom. The SMILES string of the molecule is CCCCCC[C@@H](OC(=O)CNC(=O)[C@@H](C)COC1CC(N)C1)[C@@H](C)C(=O)N(C)[C@@H](CC(C)C)C(=O)N[C@H](C(=O)N[C@@H](CN)C(N)=O)C1CCCCC1. The van der Waals surface area contributed by atoms with Gasteiger partial charge in [-0.05, 0) is 56.8 Å². The predicted octanol–water partition coefficient (Wildman–Crippen LogP) is 1.63. The number of hydrogen-bond donors (Lipinski definition) is 6. The summed E-state index contributed by atoms with van der Waals surface area (Å²) in [5, 5.41) is 8.15. The van der Waals surface area contributed by atoms with Crippen LogP contribution in [0, 0.1) is 23.7 Å². The van der Waals surface area contributed by atoms with E-state index in [1.165, 1.54) is 4.90 Å². The zero-order chi connectivity index (χ0) is 39.7. The molecule has 6 atom stereocenters. The summed E-state index contributed by atoms with van der Waals surface area (Å²) in [6, 6.07) is -2.82. The van der Waals surface area contributed by atoms with Gasteiger partial charge in [0.15, 0.2) is 0 Å². The highest BCUT2D eigenvalue weighted by Crippen LogP contribution is 2.28. The number of esters is 1. The Kier molecular flexibility index (Phi) is 20.3. The fourth-order valence-electron chi connectivity index (χ4n) is 6.97. The fourth-order valence-corrected chi connectivity index (χ4v) is 6.97. The molecule has 0 heterocycles. The first-order valence-corrected chi connectivity index (χ1v) is 19.8. The van der Waals surface area contributed by atoms with Crippen molar-refractivity contribution in [1.29, 1.82) is 0 Å². The van der Waals surface area contributed by atoms with Crippen molar-refractivity contribution in [1.82, 2.24) is 20.9 Å². The van der Waals surface area contributed by atoms with Crippen LogP contribution in [0.5, 0.6) is 0 Å². The topological polar surface area (TPSA) is 238 Å². The van der Waals surface area contributed by atoms with E-state index in [0.29, 0.717) is 12.8 Å². The van der Waals surface area contributed by atoms with Crippen LogP contribution in [0.3, 0.4) is 0 Å². The predicted molar refractivity (Wildman–Crippen MR) is 202 cm³/mol. The van der Waals surface area contributed by atoms with Gasteiger partial charge in [0, 0.05) is 19.6 Å². The standard InChI is InChI=1S/C38H69N7O8/c1-7-8-9-13-16-31(53-32(46)21-42-35(48)24(4)22-52-28-18-27(40)19-28)25(5)38(51)45(6)30(17-23(2)3)36(49)44-33(26-14-11-10-12-15-26)37(50)43-29(20-39)34(41)47/h23-31,33H,7-22,39-40H2,1-6H3,(H2,41,47)(H,42,48)(H,43,50)(H,44,49)/t24-,25+,27?,28?,29-,30-,31+,33-/m0/s1. The van der Waals surface area contributed by atoms with Gasteiger partial charge in [0.25, 0.3) is 0 Å². The number of likely N-dealkylation sites (N-methyl/N-ethyl adjacent to an activating group) is 1. The van der Waals surface area contributed by atoms with Gasteiger partial charge >= 0.3 is 5.97 Å². The van der Waals surface area contributed by atoms with Crippen molar-refractivity contribution >= 4 is 35.5 Å². The molecule has 0 aromatic rings. The van der Waals surface area contributed by atoms with Crippen LogP contribution >= 0.6 is 0 Å². The lowest BCUT2D eigenvalue weighted by Crippen LogP contribution is -2.60. The smallest absolute Gasteiger partial charge is 0.325 e. The Labute approximate surface area is 316 Å². The number of ether oxygens (including phenoxy) is 2. The number of carbonyl (C=O) groups is 6. The van der Waals surface area contributed by atoms with Crippen LogP contribution in [0.2, 0.25) is 0 Å². The molecule has 15 heteroatoms. The number of unbranched alkanes of at least 4 members (excludes halogenated alkanes) is 3. The molecule has 2 saturated carbocycles. The summed E-state index contributed by atoms with van der Waals surface area (Å²) < 4.78 is 11.6. The van der Waals surface area contributed by atoms with Gasteiger partial charge in [0.05, 0.1) is 24.5 Å². The van der Waals surface area contributed by atoms with Gasteiger partial charge in [-0.25, -0.2) is 0 Å². The van der Waals surface area contributed by atoms with E-state index < -0.39 is 59.8 Å². The van der Waals surface area contributed by atoms with E-state index in [4.69, 9.17) is 26.7 Å².